The number of ether oxygens (including phenoxy) is 1. The molecule has 1 aromatic rings. The molecule has 136 valence electrons. The van der Waals surface area contributed by atoms with E-state index in [4.69, 9.17) is 4.74 Å². The van der Waals surface area contributed by atoms with Crippen LogP contribution in [-0.4, -0.2) is 63.6 Å². The second-order valence-electron chi connectivity index (χ2n) is 6.54. The molecule has 24 heavy (non-hydrogen) atoms. The fourth-order valence-corrected chi connectivity index (χ4v) is 3.83. The summed E-state index contributed by atoms with van der Waals surface area (Å²) in [5.41, 5.74) is 2.32. The van der Waals surface area contributed by atoms with E-state index in [1.807, 2.05) is 20.8 Å². The van der Waals surface area contributed by atoms with E-state index in [0.717, 1.165) is 18.7 Å². The highest BCUT2D eigenvalue weighted by molar-refractivity contribution is 7.87. The lowest BCUT2D eigenvalue weighted by atomic mass is 10.0. The van der Waals surface area contributed by atoms with Gasteiger partial charge in [-0.25, -0.2) is 4.72 Å². The normalized spacial score (nSPS) is 18.2. The minimum Gasteiger partial charge on any atom is -0.379 e. The number of hydrogen-bond acceptors (Lipinski definition) is 4. The molecule has 0 aromatic heterocycles. The van der Waals surface area contributed by atoms with Crippen LogP contribution in [0.2, 0.25) is 0 Å². The molecular weight excluding hydrogens is 326 g/mol. The summed E-state index contributed by atoms with van der Waals surface area (Å²) in [6.45, 7) is 9.09. The predicted octanol–water partition coefficient (Wildman–Crippen LogP) is 1.54. The van der Waals surface area contributed by atoms with Crippen molar-refractivity contribution in [1.29, 1.82) is 0 Å². The van der Waals surface area contributed by atoms with Gasteiger partial charge in [-0.3, -0.25) is 4.90 Å². The van der Waals surface area contributed by atoms with Crippen molar-refractivity contribution in [2.45, 2.75) is 32.9 Å². The molecule has 2 rings (SSSR count). The Balaban J connectivity index is 2.15. The zero-order valence-corrected chi connectivity index (χ0v) is 15.8. The molecule has 0 radical (unpaired) electrons. The SMILES string of the molecule is Cc1ccc(C(CNS(=O)(=O)N(C)C(C)C)N2CCOCC2)cc1. The van der Waals surface area contributed by atoms with Gasteiger partial charge in [-0.05, 0) is 26.3 Å². The van der Waals surface area contributed by atoms with E-state index in [-0.39, 0.29) is 12.1 Å². The largest absolute Gasteiger partial charge is 0.379 e. The Kier molecular flexibility index (Phi) is 6.77. The lowest BCUT2D eigenvalue weighted by molar-refractivity contribution is 0.0171. The van der Waals surface area contributed by atoms with Gasteiger partial charge in [-0.15, -0.1) is 0 Å². The maximum absolute atomic E-state index is 12.4. The number of aryl methyl sites for hydroxylation is 1. The van der Waals surface area contributed by atoms with Crippen molar-refractivity contribution < 1.29 is 13.2 Å². The summed E-state index contributed by atoms with van der Waals surface area (Å²) in [6, 6.07) is 8.22. The number of nitrogens with one attached hydrogen (secondary N) is 1. The molecule has 0 aliphatic carbocycles. The van der Waals surface area contributed by atoms with Gasteiger partial charge >= 0.3 is 0 Å². The third-order valence-electron chi connectivity index (χ3n) is 4.51. The van der Waals surface area contributed by atoms with E-state index in [0.29, 0.717) is 19.8 Å². The lowest BCUT2D eigenvalue weighted by Gasteiger charge is -2.35. The van der Waals surface area contributed by atoms with Crippen molar-refractivity contribution in [3.63, 3.8) is 0 Å². The van der Waals surface area contributed by atoms with Gasteiger partial charge in [0.15, 0.2) is 0 Å². The number of benzene rings is 1. The fourth-order valence-electron chi connectivity index (χ4n) is 2.70. The van der Waals surface area contributed by atoms with Crippen molar-refractivity contribution in [1.82, 2.24) is 13.9 Å². The van der Waals surface area contributed by atoms with E-state index < -0.39 is 10.2 Å². The minimum absolute atomic E-state index is 0.00448. The van der Waals surface area contributed by atoms with Crippen molar-refractivity contribution in [3.05, 3.63) is 35.4 Å². The molecule has 0 amide bonds. The quantitative estimate of drug-likeness (QED) is 0.806. The monoisotopic (exact) mass is 355 g/mol. The molecule has 0 saturated carbocycles. The Bertz CT molecular complexity index is 610. The molecule has 1 fully saturated rings. The smallest absolute Gasteiger partial charge is 0.279 e. The summed E-state index contributed by atoms with van der Waals surface area (Å²) in [4.78, 5) is 2.28. The molecule has 1 N–H and O–H groups in total. The van der Waals surface area contributed by atoms with Crippen molar-refractivity contribution >= 4 is 10.2 Å². The average Bonchev–Trinajstić information content (AvgIpc) is 2.56. The van der Waals surface area contributed by atoms with E-state index >= 15 is 0 Å². The number of nitrogens with zero attached hydrogens (tertiary/aromatic N) is 2. The van der Waals surface area contributed by atoms with Gasteiger partial charge in [0.25, 0.3) is 10.2 Å². The van der Waals surface area contributed by atoms with Crippen molar-refractivity contribution in [2.75, 3.05) is 39.9 Å². The van der Waals surface area contributed by atoms with Crippen LogP contribution in [-0.2, 0) is 14.9 Å². The van der Waals surface area contributed by atoms with E-state index in [1.165, 1.54) is 9.87 Å². The van der Waals surface area contributed by atoms with Crippen LogP contribution in [0.25, 0.3) is 0 Å². The van der Waals surface area contributed by atoms with Gasteiger partial charge in [0.1, 0.15) is 0 Å². The molecule has 1 aliphatic rings. The number of rotatable bonds is 7. The Labute approximate surface area is 146 Å². The van der Waals surface area contributed by atoms with Crippen LogP contribution < -0.4 is 4.72 Å². The molecule has 1 saturated heterocycles. The number of hydrogen-bond donors (Lipinski definition) is 1. The van der Waals surface area contributed by atoms with Crippen LogP contribution in [0.1, 0.15) is 31.0 Å². The van der Waals surface area contributed by atoms with Crippen molar-refractivity contribution in [2.24, 2.45) is 0 Å². The third kappa shape index (κ3) is 5.00. The van der Waals surface area contributed by atoms with E-state index in [9.17, 15) is 8.42 Å². The highest BCUT2D eigenvalue weighted by Gasteiger charge is 2.26. The molecule has 1 unspecified atom stereocenters. The molecule has 1 aliphatic heterocycles. The van der Waals surface area contributed by atoms with Crippen LogP contribution >= 0.6 is 0 Å². The molecule has 1 atom stereocenters. The highest BCUT2D eigenvalue weighted by atomic mass is 32.2. The standard InChI is InChI=1S/C17H29N3O3S/c1-14(2)19(4)24(21,22)18-13-17(20-9-11-23-12-10-20)16-7-5-15(3)6-8-16/h5-8,14,17-18H,9-13H2,1-4H3. The summed E-state index contributed by atoms with van der Waals surface area (Å²) in [5, 5.41) is 0. The average molecular weight is 356 g/mol. The summed E-state index contributed by atoms with van der Waals surface area (Å²) < 4.78 is 34.4. The first-order valence-corrected chi connectivity index (χ1v) is 9.86. The van der Waals surface area contributed by atoms with Crippen LogP contribution in [0, 0.1) is 6.92 Å². The second kappa shape index (κ2) is 8.40. The molecule has 7 heteroatoms. The first-order chi connectivity index (χ1) is 11.3. The first kappa shape index (κ1) is 19.3. The van der Waals surface area contributed by atoms with Crippen LogP contribution in [0.15, 0.2) is 24.3 Å². The van der Waals surface area contributed by atoms with Crippen LogP contribution in [0.3, 0.4) is 0 Å². The topological polar surface area (TPSA) is 61.9 Å². The minimum atomic E-state index is -3.48. The highest BCUT2D eigenvalue weighted by Crippen LogP contribution is 2.22. The Hall–Kier alpha value is -0.990. The zero-order valence-electron chi connectivity index (χ0n) is 15.0. The van der Waals surface area contributed by atoms with E-state index in [2.05, 4.69) is 33.9 Å². The van der Waals surface area contributed by atoms with Crippen LogP contribution in [0.5, 0.6) is 0 Å². The number of morpholine rings is 1. The summed E-state index contributed by atoms with van der Waals surface area (Å²) in [6.07, 6.45) is 0. The maximum Gasteiger partial charge on any atom is 0.279 e. The maximum atomic E-state index is 12.4. The Morgan fingerprint density at radius 3 is 2.33 bits per heavy atom. The predicted molar refractivity (Wildman–Crippen MR) is 96.1 cm³/mol. The summed E-state index contributed by atoms with van der Waals surface area (Å²) >= 11 is 0. The molecular formula is C17H29N3O3S. The van der Waals surface area contributed by atoms with Gasteiger partial charge in [-0.1, -0.05) is 29.8 Å². The van der Waals surface area contributed by atoms with Gasteiger partial charge in [0, 0.05) is 38.8 Å². The second-order valence-corrected chi connectivity index (χ2v) is 8.35. The van der Waals surface area contributed by atoms with Gasteiger partial charge < -0.3 is 4.74 Å². The first-order valence-electron chi connectivity index (χ1n) is 8.42. The molecule has 0 spiro atoms. The van der Waals surface area contributed by atoms with Crippen molar-refractivity contribution in [3.8, 4) is 0 Å². The molecule has 1 heterocycles. The Morgan fingerprint density at radius 2 is 1.79 bits per heavy atom. The Morgan fingerprint density at radius 1 is 1.21 bits per heavy atom. The van der Waals surface area contributed by atoms with Gasteiger partial charge in [0.2, 0.25) is 0 Å². The molecule has 6 nitrogen and oxygen atoms in total. The third-order valence-corrected chi connectivity index (χ3v) is 6.23. The fraction of sp³-hybridized carbons (Fsp3) is 0.647. The molecule has 1 aromatic carbocycles. The summed E-state index contributed by atoms with van der Waals surface area (Å²) in [5.74, 6) is 0. The lowest BCUT2D eigenvalue weighted by Crippen LogP contribution is -2.47. The zero-order chi connectivity index (χ0) is 17.7. The summed E-state index contributed by atoms with van der Waals surface area (Å²) in [7, 11) is -1.88. The van der Waals surface area contributed by atoms with Crippen LogP contribution in [0.4, 0.5) is 0 Å². The van der Waals surface area contributed by atoms with E-state index in [1.54, 1.807) is 7.05 Å². The van der Waals surface area contributed by atoms with Gasteiger partial charge in [-0.2, -0.15) is 12.7 Å². The van der Waals surface area contributed by atoms with Gasteiger partial charge in [0.05, 0.1) is 13.2 Å². The molecule has 0 bridgehead atoms.